The summed E-state index contributed by atoms with van der Waals surface area (Å²) < 4.78 is 1.95. The van der Waals surface area contributed by atoms with Crippen LogP contribution < -0.4 is 0 Å². The van der Waals surface area contributed by atoms with Gasteiger partial charge in [-0.3, -0.25) is 9.55 Å². The van der Waals surface area contributed by atoms with Crippen molar-refractivity contribution in [3.8, 4) is 5.69 Å². The van der Waals surface area contributed by atoms with E-state index in [0.29, 0.717) is 5.16 Å². The van der Waals surface area contributed by atoms with Gasteiger partial charge < -0.3 is 0 Å². The molecular weight excluding hydrogens is 268 g/mol. The predicted molar refractivity (Wildman–Crippen MR) is 82.9 cm³/mol. The molecule has 0 unspecified atom stereocenters. The van der Waals surface area contributed by atoms with E-state index >= 15 is 0 Å². The standard InChI is InChI=1S/C15H16N4S/c1-8-7-9(2)14(19-11(4)17-18-15(19)20)13-12(8)6-5-10(3)16-13/h5-7H,1-4H3,(H,18,20). The molecule has 0 fully saturated rings. The van der Waals surface area contributed by atoms with Crippen LogP contribution >= 0.6 is 12.6 Å². The number of benzene rings is 1. The molecule has 0 radical (unpaired) electrons. The number of fused-ring (bicyclic) bond motifs is 1. The average molecular weight is 284 g/mol. The third kappa shape index (κ3) is 1.89. The highest BCUT2D eigenvalue weighted by Crippen LogP contribution is 2.29. The second-order valence-corrected chi connectivity index (χ2v) is 5.49. The van der Waals surface area contributed by atoms with Gasteiger partial charge in [-0.25, -0.2) is 0 Å². The summed E-state index contributed by atoms with van der Waals surface area (Å²) in [5, 5.41) is 9.86. The molecule has 3 rings (SSSR count). The number of aromatic nitrogens is 4. The molecule has 102 valence electrons. The first kappa shape index (κ1) is 13.1. The lowest BCUT2D eigenvalue weighted by molar-refractivity contribution is 0.870. The number of hydrogen-bond acceptors (Lipinski definition) is 4. The molecule has 0 spiro atoms. The van der Waals surface area contributed by atoms with E-state index in [4.69, 9.17) is 4.98 Å². The summed E-state index contributed by atoms with van der Waals surface area (Å²) in [6, 6.07) is 6.32. The van der Waals surface area contributed by atoms with E-state index in [1.165, 1.54) is 5.56 Å². The van der Waals surface area contributed by atoms with E-state index in [0.717, 1.165) is 33.7 Å². The van der Waals surface area contributed by atoms with Crippen molar-refractivity contribution in [1.82, 2.24) is 19.7 Å². The second-order valence-electron chi connectivity index (χ2n) is 5.09. The molecule has 0 aliphatic carbocycles. The summed E-state index contributed by atoms with van der Waals surface area (Å²) in [5.74, 6) is 0.812. The molecule has 0 atom stereocenters. The van der Waals surface area contributed by atoms with Crippen LogP contribution in [0.3, 0.4) is 0 Å². The van der Waals surface area contributed by atoms with Crippen molar-refractivity contribution >= 4 is 23.5 Å². The maximum atomic E-state index is 4.73. The average Bonchev–Trinajstić information content (AvgIpc) is 2.70. The van der Waals surface area contributed by atoms with Crippen LogP contribution in [-0.4, -0.2) is 19.7 Å². The third-order valence-corrected chi connectivity index (χ3v) is 3.81. The summed E-state index contributed by atoms with van der Waals surface area (Å²) in [6.45, 7) is 8.12. The molecule has 0 aliphatic heterocycles. The number of hydrogen-bond donors (Lipinski definition) is 1. The number of aryl methyl sites for hydroxylation is 4. The van der Waals surface area contributed by atoms with Gasteiger partial charge in [0.05, 0.1) is 11.2 Å². The van der Waals surface area contributed by atoms with E-state index in [1.54, 1.807) is 0 Å². The fourth-order valence-corrected chi connectivity index (χ4v) is 2.90. The molecule has 0 aliphatic rings. The minimum absolute atomic E-state index is 0.582. The quantitative estimate of drug-likeness (QED) is 0.697. The Balaban J connectivity index is 2.50. The fourth-order valence-electron chi connectivity index (χ4n) is 2.61. The summed E-state index contributed by atoms with van der Waals surface area (Å²) >= 11 is 4.42. The molecule has 5 heteroatoms. The number of nitrogens with zero attached hydrogens (tertiary/aromatic N) is 4. The molecule has 0 saturated heterocycles. The molecule has 0 N–H and O–H groups in total. The van der Waals surface area contributed by atoms with Crippen LogP contribution in [0, 0.1) is 27.7 Å². The number of rotatable bonds is 1. The zero-order chi connectivity index (χ0) is 14.4. The second kappa shape index (κ2) is 4.59. The SMILES string of the molecule is Cc1ccc2c(C)cc(C)c(-n3c(C)nnc3S)c2n1. The fraction of sp³-hybridized carbons (Fsp3) is 0.267. The topological polar surface area (TPSA) is 43.6 Å². The Labute approximate surface area is 123 Å². The summed E-state index contributed by atoms with van der Waals surface area (Å²) in [4.78, 5) is 4.73. The largest absolute Gasteiger partial charge is 0.272 e. The Morgan fingerprint density at radius 2 is 1.75 bits per heavy atom. The van der Waals surface area contributed by atoms with Crippen LogP contribution in [0.2, 0.25) is 0 Å². The Morgan fingerprint density at radius 1 is 1.00 bits per heavy atom. The molecule has 3 aromatic rings. The van der Waals surface area contributed by atoms with E-state index in [1.807, 2.05) is 24.5 Å². The van der Waals surface area contributed by atoms with Gasteiger partial charge in [0, 0.05) is 11.1 Å². The van der Waals surface area contributed by atoms with Crippen LogP contribution in [0.25, 0.3) is 16.6 Å². The molecular formula is C15H16N4S. The van der Waals surface area contributed by atoms with E-state index in [9.17, 15) is 0 Å². The maximum Gasteiger partial charge on any atom is 0.192 e. The Hall–Kier alpha value is -1.88. The first-order valence-electron chi connectivity index (χ1n) is 6.48. The highest BCUT2D eigenvalue weighted by atomic mass is 32.1. The summed E-state index contributed by atoms with van der Waals surface area (Å²) in [7, 11) is 0. The van der Waals surface area contributed by atoms with Crippen molar-refractivity contribution in [1.29, 1.82) is 0 Å². The summed E-state index contributed by atoms with van der Waals surface area (Å²) in [5.41, 5.74) is 5.35. The predicted octanol–water partition coefficient (Wildman–Crippen LogP) is 3.34. The van der Waals surface area contributed by atoms with Gasteiger partial charge >= 0.3 is 0 Å². The van der Waals surface area contributed by atoms with E-state index in [2.05, 4.69) is 48.8 Å². The van der Waals surface area contributed by atoms with Gasteiger partial charge in [0.2, 0.25) is 0 Å². The van der Waals surface area contributed by atoms with E-state index < -0.39 is 0 Å². The van der Waals surface area contributed by atoms with Crippen molar-refractivity contribution in [2.24, 2.45) is 0 Å². The van der Waals surface area contributed by atoms with Gasteiger partial charge in [-0.2, -0.15) is 0 Å². The van der Waals surface area contributed by atoms with Gasteiger partial charge in [-0.15, -0.1) is 22.8 Å². The van der Waals surface area contributed by atoms with Crippen LogP contribution in [0.1, 0.15) is 22.6 Å². The molecule has 1 aromatic carbocycles. The Kier molecular flexibility index (Phi) is 3.01. The molecule has 0 amide bonds. The molecule has 0 bridgehead atoms. The van der Waals surface area contributed by atoms with Gasteiger partial charge in [-0.05, 0) is 44.9 Å². The minimum Gasteiger partial charge on any atom is -0.272 e. The van der Waals surface area contributed by atoms with Crippen LogP contribution in [0.5, 0.6) is 0 Å². The van der Waals surface area contributed by atoms with Crippen LogP contribution in [0.4, 0.5) is 0 Å². The smallest absolute Gasteiger partial charge is 0.192 e. The van der Waals surface area contributed by atoms with E-state index in [-0.39, 0.29) is 0 Å². The monoisotopic (exact) mass is 284 g/mol. The highest BCUT2D eigenvalue weighted by Gasteiger charge is 2.16. The maximum absolute atomic E-state index is 4.73. The normalized spacial score (nSPS) is 11.2. The lowest BCUT2D eigenvalue weighted by Gasteiger charge is -2.15. The summed E-state index contributed by atoms with van der Waals surface area (Å²) in [6.07, 6.45) is 0. The Morgan fingerprint density at radius 3 is 2.40 bits per heavy atom. The van der Waals surface area contributed by atoms with Gasteiger partial charge in [0.15, 0.2) is 5.16 Å². The van der Waals surface area contributed by atoms with Crippen molar-refractivity contribution in [3.05, 3.63) is 40.8 Å². The van der Waals surface area contributed by atoms with Crippen molar-refractivity contribution < 1.29 is 0 Å². The highest BCUT2D eigenvalue weighted by molar-refractivity contribution is 7.80. The molecule has 4 nitrogen and oxygen atoms in total. The number of pyridine rings is 1. The Bertz CT molecular complexity index is 801. The van der Waals surface area contributed by atoms with Gasteiger partial charge in [0.25, 0.3) is 0 Å². The molecule has 2 heterocycles. The molecule has 0 saturated carbocycles. The lowest BCUT2D eigenvalue weighted by atomic mass is 10.0. The van der Waals surface area contributed by atoms with Crippen LogP contribution in [0.15, 0.2) is 23.4 Å². The zero-order valence-corrected chi connectivity index (χ0v) is 12.9. The minimum atomic E-state index is 0.582. The molecule has 20 heavy (non-hydrogen) atoms. The van der Waals surface area contributed by atoms with Crippen molar-refractivity contribution in [3.63, 3.8) is 0 Å². The van der Waals surface area contributed by atoms with Gasteiger partial charge in [0.1, 0.15) is 5.82 Å². The lowest BCUT2D eigenvalue weighted by Crippen LogP contribution is -2.04. The molecule has 2 aromatic heterocycles. The van der Waals surface area contributed by atoms with Crippen molar-refractivity contribution in [2.45, 2.75) is 32.9 Å². The third-order valence-electron chi connectivity index (χ3n) is 3.52. The van der Waals surface area contributed by atoms with Crippen molar-refractivity contribution in [2.75, 3.05) is 0 Å². The van der Waals surface area contributed by atoms with Gasteiger partial charge in [-0.1, -0.05) is 12.1 Å². The van der Waals surface area contributed by atoms with Crippen LogP contribution in [-0.2, 0) is 0 Å². The zero-order valence-electron chi connectivity index (χ0n) is 12.0. The number of thiol groups is 1. The first-order chi connectivity index (χ1) is 9.49. The first-order valence-corrected chi connectivity index (χ1v) is 6.92.